The number of carbonyl (C=O) groups excluding carboxylic acids is 1. The molecular formula is C16H20N4O2. The van der Waals surface area contributed by atoms with E-state index in [1.807, 2.05) is 43.5 Å². The molecule has 3 N–H and O–H groups in total. The van der Waals surface area contributed by atoms with E-state index in [0.717, 1.165) is 11.3 Å². The highest BCUT2D eigenvalue weighted by Crippen LogP contribution is 2.21. The molecule has 1 aromatic heterocycles. The first-order chi connectivity index (χ1) is 10.6. The summed E-state index contributed by atoms with van der Waals surface area (Å²) >= 11 is 0. The summed E-state index contributed by atoms with van der Waals surface area (Å²) in [4.78, 5) is 12.3. The van der Waals surface area contributed by atoms with Gasteiger partial charge in [0.2, 0.25) is 5.91 Å². The summed E-state index contributed by atoms with van der Waals surface area (Å²) in [7, 11) is 0. The number of benzene rings is 1. The maximum atomic E-state index is 12.3. The van der Waals surface area contributed by atoms with Crippen LogP contribution in [0.5, 0.6) is 0 Å². The van der Waals surface area contributed by atoms with Crippen LogP contribution in [0.1, 0.15) is 24.9 Å². The lowest BCUT2D eigenvalue weighted by Gasteiger charge is -2.20. The lowest BCUT2D eigenvalue weighted by Crippen LogP contribution is -2.41. The first kappa shape index (κ1) is 14.7. The molecule has 6 heteroatoms. The lowest BCUT2D eigenvalue weighted by atomic mass is 10.1. The fraction of sp³-hybridized carbons (Fsp3) is 0.375. The van der Waals surface area contributed by atoms with Crippen molar-refractivity contribution >= 4 is 5.91 Å². The summed E-state index contributed by atoms with van der Waals surface area (Å²) in [5, 5.41) is 19.8. The highest BCUT2D eigenvalue weighted by Gasteiger charge is 2.29. The smallest absolute Gasteiger partial charge is 0.237 e. The molecule has 3 atom stereocenters. The number of aliphatic hydroxyl groups excluding tert-OH is 1. The molecule has 3 rings (SSSR count). The fourth-order valence-corrected chi connectivity index (χ4v) is 2.78. The van der Waals surface area contributed by atoms with Gasteiger partial charge in [-0.1, -0.05) is 18.2 Å². The van der Waals surface area contributed by atoms with Crippen LogP contribution in [0.25, 0.3) is 5.69 Å². The summed E-state index contributed by atoms with van der Waals surface area (Å²) < 4.78 is 1.79. The summed E-state index contributed by atoms with van der Waals surface area (Å²) in [6.07, 6.45) is 3.62. The molecule has 1 fully saturated rings. The van der Waals surface area contributed by atoms with E-state index in [-0.39, 0.29) is 18.0 Å². The molecule has 0 saturated carbocycles. The Morgan fingerprint density at radius 1 is 1.45 bits per heavy atom. The highest BCUT2D eigenvalue weighted by molar-refractivity contribution is 5.82. The van der Waals surface area contributed by atoms with E-state index in [1.165, 1.54) is 0 Å². The predicted octanol–water partition coefficient (Wildman–Crippen LogP) is 0.772. The number of carbonyl (C=O) groups is 1. The molecule has 22 heavy (non-hydrogen) atoms. The van der Waals surface area contributed by atoms with Crippen molar-refractivity contribution in [2.45, 2.75) is 31.5 Å². The third-order valence-corrected chi connectivity index (χ3v) is 3.94. The van der Waals surface area contributed by atoms with E-state index in [4.69, 9.17) is 0 Å². The molecule has 0 radical (unpaired) electrons. The Morgan fingerprint density at radius 3 is 2.95 bits per heavy atom. The van der Waals surface area contributed by atoms with Gasteiger partial charge in [0.15, 0.2) is 0 Å². The minimum Gasteiger partial charge on any atom is -0.392 e. The van der Waals surface area contributed by atoms with E-state index in [2.05, 4.69) is 15.7 Å². The second-order valence-electron chi connectivity index (χ2n) is 5.59. The zero-order chi connectivity index (χ0) is 15.5. The number of hydrogen-bond acceptors (Lipinski definition) is 4. The summed E-state index contributed by atoms with van der Waals surface area (Å²) in [5.74, 6) is -0.0840. The van der Waals surface area contributed by atoms with Crippen molar-refractivity contribution in [3.63, 3.8) is 0 Å². The number of hydrogen-bond donors (Lipinski definition) is 3. The lowest BCUT2D eigenvalue weighted by molar-refractivity contribution is -0.123. The van der Waals surface area contributed by atoms with Gasteiger partial charge in [-0.2, -0.15) is 5.10 Å². The van der Waals surface area contributed by atoms with Gasteiger partial charge in [-0.05, 0) is 31.0 Å². The molecule has 1 aliphatic heterocycles. The van der Waals surface area contributed by atoms with Gasteiger partial charge in [0.25, 0.3) is 0 Å². The average molecular weight is 300 g/mol. The van der Waals surface area contributed by atoms with Crippen molar-refractivity contribution in [2.24, 2.45) is 0 Å². The third kappa shape index (κ3) is 3.03. The number of para-hydroxylation sites is 1. The van der Waals surface area contributed by atoms with E-state index < -0.39 is 6.10 Å². The Morgan fingerprint density at radius 2 is 2.27 bits per heavy atom. The third-order valence-electron chi connectivity index (χ3n) is 3.94. The van der Waals surface area contributed by atoms with E-state index in [0.29, 0.717) is 13.0 Å². The number of aromatic nitrogens is 2. The molecule has 6 nitrogen and oxygen atoms in total. The topological polar surface area (TPSA) is 79.2 Å². The average Bonchev–Trinajstić information content (AvgIpc) is 3.18. The van der Waals surface area contributed by atoms with Crippen molar-refractivity contribution in [3.05, 3.63) is 48.3 Å². The van der Waals surface area contributed by atoms with Crippen LogP contribution in [0.4, 0.5) is 0 Å². The first-order valence-corrected chi connectivity index (χ1v) is 7.46. The van der Waals surface area contributed by atoms with Crippen LogP contribution >= 0.6 is 0 Å². The molecule has 1 aromatic carbocycles. The SMILES string of the molecule is CC(NC(=O)C1CC(O)CN1)c1ccccc1-n1cccn1. The van der Waals surface area contributed by atoms with Crippen LogP contribution < -0.4 is 10.6 Å². The number of aliphatic hydroxyl groups is 1. The van der Waals surface area contributed by atoms with Crippen LogP contribution in [-0.4, -0.2) is 39.5 Å². The Labute approximate surface area is 129 Å². The van der Waals surface area contributed by atoms with Crippen molar-refractivity contribution in [2.75, 3.05) is 6.54 Å². The Kier molecular flexibility index (Phi) is 4.22. The Bertz CT molecular complexity index is 641. The van der Waals surface area contributed by atoms with Crippen LogP contribution in [0.2, 0.25) is 0 Å². The predicted molar refractivity (Wildman–Crippen MR) is 82.5 cm³/mol. The van der Waals surface area contributed by atoms with Crippen molar-refractivity contribution in [1.82, 2.24) is 20.4 Å². The summed E-state index contributed by atoms with van der Waals surface area (Å²) in [5.41, 5.74) is 1.94. The highest BCUT2D eigenvalue weighted by atomic mass is 16.3. The van der Waals surface area contributed by atoms with Gasteiger partial charge in [-0.15, -0.1) is 0 Å². The Balaban J connectivity index is 1.75. The zero-order valence-corrected chi connectivity index (χ0v) is 12.4. The molecule has 2 heterocycles. The maximum Gasteiger partial charge on any atom is 0.237 e. The van der Waals surface area contributed by atoms with Crippen LogP contribution in [0.3, 0.4) is 0 Å². The molecule has 116 valence electrons. The van der Waals surface area contributed by atoms with E-state index in [1.54, 1.807) is 10.9 Å². The van der Waals surface area contributed by atoms with Gasteiger partial charge in [0.05, 0.1) is 23.9 Å². The fourth-order valence-electron chi connectivity index (χ4n) is 2.78. The largest absolute Gasteiger partial charge is 0.392 e. The minimum absolute atomic E-state index is 0.0840. The molecule has 3 unspecified atom stereocenters. The number of nitrogens with one attached hydrogen (secondary N) is 2. The van der Waals surface area contributed by atoms with Gasteiger partial charge in [-0.3, -0.25) is 4.79 Å². The number of rotatable bonds is 4. The normalized spacial score (nSPS) is 22.5. The molecule has 1 aliphatic rings. The molecular weight excluding hydrogens is 280 g/mol. The summed E-state index contributed by atoms with van der Waals surface area (Å²) in [6, 6.07) is 9.25. The standard InChI is InChI=1S/C16H20N4O2/c1-11(19-16(22)14-9-12(21)10-17-14)13-5-2-3-6-15(13)20-8-4-7-18-20/h2-8,11-12,14,17,21H,9-10H2,1H3,(H,19,22). The van der Waals surface area contributed by atoms with E-state index >= 15 is 0 Å². The van der Waals surface area contributed by atoms with Gasteiger partial charge < -0.3 is 15.7 Å². The molecule has 0 bridgehead atoms. The maximum absolute atomic E-state index is 12.3. The van der Waals surface area contributed by atoms with Gasteiger partial charge in [0, 0.05) is 18.9 Å². The van der Waals surface area contributed by atoms with Crippen LogP contribution in [-0.2, 0) is 4.79 Å². The number of β-amino-alcohol motifs (C(OH)–C–C–N with tert-alkyl or cyclic N) is 1. The zero-order valence-electron chi connectivity index (χ0n) is 12.4. The first-order valence-electron chi connectivity index (χ1n) is 7.46. The van der Waals surface area contributed by atoms with Crippen molar-refractivity contribution in [3.8, 4) is 5.69 Å². The second-order valence-corrected chi connectivity index (χ2v) is 5.59. The minimum atomic E-state index is -0.442. The molecule has 0 aliphatic carbocycles. The molecule has 0 spiro atoms. The van der Waals surface area contributed by atoms with Crippen molar-refractivity contribution < 1.29 is 9.90 Å². The van der Waals surface area contributed by atoms with Gasteiger partial charge in [-0.25, -0.2) is 4.68 Å². The molecule has 1 saturated heterocycles. The number of nitrogens with zero attached hydrogens (tertiary/aromatic N) is 2. The van der Waals surface area contributed by atoms with Gasteiger partial charge >= 0.3 is 0 Å². The van der Waals surface area contributed by atoms with E-state index in [9.17, 15) is 9.90 Å². The molecule has 1 amide bonds. The number of amides is 1. The molecule has 2 aromatic rings. The quantitative estimate of drug-likeness (QED) is 0.779. The van der Waals surface area contributed by atoms with Gasteiger partial charge in [0.1, 0.15) is 0 Å². The monoisotopic (exact) mass is 300 g/mol. The van der Waals surface area contributed by atoms with Crippen LogP contribution in [0, 0.1) is 0 Å². The Hall–Kier alpha value is -2.18. The van der Waals surface area contributed by atoms with Crippen LogP contribution in [0.15, 0.2) is 42.7 Å². The summed E-state index contributed by atoms with van der Waals surface area (Å²) in [6.45, 7) is 2.42. The second kappa shape index (κ2) is 6.29. The van der Waals surface area contributed by atoms with Crippen molar-refractivity contribution in [1.29, 1.82) is 0 Å².